The van der Waals surface area contributed by atoms with E-state index in [0.717, 1.165) is 0 Å². The number of hydrogen-bond donors (Lipinski definition) is 1. The van der Waals surface area contributed by atoms with Crippen LogP contribution in [0.2, 0.25) is 0 Å². The normalized spacial score (nSPS) is 10.6. The van der Waals surface area contributed by atoms with Crippen molar-refractivity contribution in [3.05, 3.63) is 23.3 Å². The number of hydrogen-bond acceptors (Lipinski definition) is 6. The summed E-state index contributed by atoms with van der Waals surface area (Å²) in [6, 6.07) is 0.190. The van der Waals surface area contributed by atoms with Crippen molar-refractivity contribution < 1.29 is 13.9 Å². The van der Waals surface area contributed by atoms with E-state index in [1.165, 1.54) is 10.9 Å². The van der Waals surface area contributed by atoms with Crippen molar-refractivity contribution in [3.8, 4) is 6.01 Å². The second-order valence-electron chi connectivity index (χ2n) is 3.73. The fraction of sp³-hybridized carbons (Fsp3) is 0.364. The molecule has 0 amide bonds. The highest BCUT2D eigenvalue weighted by Gasteiger charge is 2.17. The number of ether oxygens (including phenoxy) is 1. The van der Waals surface area contributed by atoms with Crippen molar-refractivity contribution >= 4 is 11.7 Å². The molecule has 0 fully saturated rings. The number of nitrogen functional groups attached to an aromatic ring is 1. The van der Waals surface area contributed by atoms with Gasteiger partial charge in [0.1, 0.15) is 6.26 Å². The Kier molecular flexibility index (Phi) is 3.05. The van der Waals surface area contributed by atoms with Crippen LogP contribution in [0.15, 0.2) is 10.7 Å². The molecule has 2 rings (SSSR count). The van der Waals surface area contributed by atoms with Gasteiger partial charge in [0.2, 0.25) is 0 Å². The molecule has 0 aliphatic heterocycles. The monoisotopic (exact) mass is 250 g/mol. The summed E-state index contributed by atoms with van der Waals surface area (Å²) in [4.78, 5) is 15.5. The molecule has 2 aromatic heterocycles. The number of nitrogens with zero attached hydrogens (tertiary/aromatic N) is 3. The maximum Gasteiger partial charge on any atom is 0.360 e. The van der Waals surface area contributed by atoms with E-state index in [9.17, 15) is 4.79 Å². The molecular formula is C11H14N4O3. The van der Waals surface area contributed by atoms with Gasteiger partial charge in [-0.3, -0.25) is 0 Å². The van der Waals surface area contributed by atoms with E-state index in [1.54, 1.807) is 20.8 Å². The van der Waals surface area contributed by atoms with Crippen molar-refractivity contribution in [2.75, 3.05) is 12.3 Å². The van der Waals surface area contributed by atoms with Crippen LogP contribution in [0.5, 0.6) is 0 Å². The standard InChI is InChI=1S/C11H14N4O3/c1-4-17-10(16)8-5-18-11(13-8)15-7(3)9(12)6(2)14-15/h5H,4,12H2,1-3H3. The summed E-state index contributed by atoms with van der Waals surface area (Å²) in [5, 5.41) is 4.18. The first-order chi connectivity index (χ1) is 8.54. The van der Waals surface area contributed by atoms with Crippen LogP contribution >= 0.6 is 0 Å². The van der Waals surface area contributed by atoms with Gasteiger partial charge < -0.3 is 14.9 Å². The molecule has 0 radical (unpaired) electrons. The number of oxazole rings is 1. The Hall–Kier alpha value is -2.31. The molecule has 0 aliphatic carbocycles. The molecule has 2 N–H and O–H groups in total. The lowest BCUT2D eigenvalue weighted by atomic mass is 10.3. The molecule has 2 aromatic rings. The lowest BCUT2D eigenvalue weighted by molar-refractivity contribution is 0.0519. The number of aromatic nitrogens is 3. The van der Waals surface area contributed by atoms with Crippen LogP contribution in [0, 0.1) is 13.8 Å². The molecule has 0 aliphatic rings. The van der Waals surface area contributed by atoms with Gasteiger partial charge in [0.15, 0.2) is 5.69 Å². The summed E-state index contributed by atoms with van der Waals surface area (Å²) in [5.74, 6) is -0.526. The minimum absolute atomic E-state index is 0.109. The molecule has 0 spiro atoms. The van der Waals surface area contributed by atoms with Crippen molar-refractivity contribution in [2.45, 2.75) is 20.8 Å². The highest BCUT2D eigenvalue weighted by Crippen LogP contribution is 2.19. The highest BCUT2D eigenvalue weighted by molar-refractivity contribution is 5.86. The predicted octanol–water partition coefficient (Wildman–Crippen LogP) is 1.24. The molecule has 0 saturated heterocycles. The number of rotatable bonds is 3. The average Bonchev–Trinajstić information content (AvgIpc) is 2.91. The van der Waals surface area contributed by atoms with Crippen molar-refractivity contribution in [3.63, 3.8) is 0 Å². The first-order valence-electron chi connectivity index (χ1n) is 5.49. The second-order valence-corrected chi connectivity index (χ2v) is 3.73. The smallest absolute Gasteiger partial charge is 0.360 e. The minimum Gasteiger partial charge on any atom is -0.461 e. The van der Waals surface area contributed by atoms with Gasteiger partial charge in [0.05, 0.1) is 23.7 Å². The van der Waals surface area contributed by atoms with E-state index in [0.29, 0.717) is 17.1 Å². The zero-order chi connectivity index (χ0) is 13.3. The molecule has 0 bridgehead atoms. The van der Waals surface area contributed by atoms with Crippen LogP contribution in [0.25, 0.3) is 6.01 Å². The molecule has 7 heteroatoms. The molecule has 0 atom stereocenters. The summed E-state index contributed by atoms with van der Waals surface area (Å²) >= 11 is 0. The zero-order valence-corrected chi connectivity index (χ0v) is 10.4. The van der Waals surface area contributed by atoms with E-state index < -0.39 is 5.97 Å². The largest absolute Gasteiger partial charge is 0.461 e. The van der Waals surface area contributed by atoms with Gasteiger partial charge in [-0.05, 0) is 20.8 Å². The summed E-state index contributed by atoms with van der Waals surface area (Å²) in [6.07, 6.45) is 1.24. The first kappa shape index (κ1) is 12.2. The fourth-order valence-corrected chi connectivity index (χ4v) is 1.50. The van der Waals surface area contributed by atoms with E-state index in [4.69, 9.17) is 14.9 Å². The number of esters is 1. The average molecular weight is 250 g/mol. The van der Waals surface area contributed by atoms with Crippen LogP contribution in [0.1, 0.15) is 28.8 Å². The number of carbonyl (C=O) groups excluding carboxylic acids is 1. The predicted molar refractivity (Wildman–Crippen MR) is 63.5 cm³/mol. The molecule has 96 valence electrons. The van der Waals surface area contributed by atoms with Crippen LogP contribution in [0.3, 0.4) is 0 Å². The van der Waals surface area contributed by atoms with Crippen molar-refractivity contribution in [2.24, 2.45) is 0 Å². The Balaban J connectivity index is 2.35. The minimum atomic E-state index is -0.526. The van der Waals surface area contributed by atoms with E-state index >= 15 is 0 Å². The Morgan fingerprint density at radius 2 is 2.28 bits per heavy atom. The Labute approximate surface area is 104 Å². The molecule has 0 unspecified atom stereocenters. The molecule has 18 heavy (non-hydrogen) atoms. The lowest BCUT2D eigenvalue weighted by Crippen LogP contribution is -2.06. The van der Waals surface area contributed by atoms with Gasteiger partial charge in [-0.1, -0.05) is 0 Å². The molecule has 7 nitrogen and oxygen atoms in total. The van der Waals surface area contributed by atoms with E-state index in [1.807, 2.05) is 0 Å². The van der Waals surface area contributed by atoms with Gasteiger partial charge in [0, 0.05) is 0 Å². The van der Waals surface area contributed by atoms with Gasteiger partial charge >= 0.3 is 12.0 Å². The maximum atomic E-state index is 11.4. The third kappa shape index (κ3) is 1.94. The lowest BCUT2D eigenvalue weighted by Gasteiger charge is -1.97. The summed E-state index contributed by atoms with van der Waals surface area (Å²) in [5.41, 5.74) is 7.89. The van der Waals surface area contributed by atoms with E-state index in [2.05, 4.69) is 10.1 Å². The Morgan fingerprint density at radius 1 is 1.56 bits per heavy atom. The van der Waals surface area contributed by atoms with Crippen LogP contribution < -0.4 is 5.73 Å². The zero-order valence-electron chi connectivity index (χ0n) is 10.4. The maximum absolute atomic E-state index is 11.4. The fourth-order valence-electron chi connectivity index (χ4n) is 1.50. The topological polar surface area (TPSA) is 96.2 Å². The van der Waals surface area contributed by atoms with Crippen LogP contribution in [-0.2, 0) is 4.74 Å². The first-order valence-corrected chi connectivity index (χ1v) is 5.49. The van der Waals surface area contributed by atoms with Crippen LogP contribution in [0.4, 0.5) is 5.69 Å². The number of carbonyl (C=O) groups is 1. The van der Waals surface area contributed by atoms with E-state index in [-0.39, 0.29) is 18.3 Å². The van der Waals surface area contributed by atoms with Gasteiger partial charge in [-0.25, -0.2) is 4.79 Å². The summed E-state index contributed by atoms with van der Waals surface area (Å²) in [7, 11) is 0. The third-order valence-electron chi connectivity index (χ3n) is 2.51. The summed E-state index contributed by atoms with van der Waals surface area (Å²) in [6.45, 7) is 5.59. The van der Waals surface area contributed by atoms with Gasteiger partial charge in [-0.2, -0.15) is 14.8 Å². The number of anilines is 1. The van der Waals surface area contributed by atoms with Gasteiger partial charge in [-0.15, -0.1) is 0 Å². The Morgan fingerprint density at radius 3 is 2.83 bits per heavy atom. The molecular weight excluding hydrogens is 236 g/mol. The summed E-state index contributed by atoms with van der Waals surface area (Å²) < 4.78 is 11.5. The Bertz CT molecular complexity index is 585. The van der Waals surface area contributed by atoms with Crippen molar-refractivity contribution in [1.29, 1.82) is 0 Å². The molecule has 0 saturated carbocycles. The molecule has 0 aromatic carbocycles. The quantitative estimate of drug-likeness (QED) is 0.823. The molecule has 2 heterocycles. The number of aryl methyl sites for hydroxylation is 1. The third-order valence-corrected chi connectivity index (χ3v) is 2.51. The van der Waals surface area contributed by atoms with Gasteiger partial charge in [0.25, 0.3) is 0 Å². The highest BCUT2D eigenvalue weighted by atomic mass is 16.5. The SMILES string of the molecule is CCOC(=O)c1coc(-n2nc(C)c(N)c2C)n1. The van der Waals surface area contributed by atoms with Crippen LogP contribution in [-0.4, -0.2) is 27.3 Å². The second kappa shape index (κ2) is 4.52. The number of nitrogens with two attached hydrogens (primary N) is 1. The van der Waals surface area contributed by atoms with Crippen molar-refractivity contribution in [1.82, 2.24) is 14.8 Å².